The molecule has 1 atom stereocenters. The van der Waals surface area contributed by atoms with Gasteiger partial charge in [-0.25, -0.2) is 4.79 Å². The number of likely N-dealkylation sites (tertiary alicyclic amines) is 1. The van der Waals surface area contributed by atoms with Crippen molar-refractivity contribution in [3.05, 3.63) is 35.2 Å². The number of aryl methyl sites for hydroxylation is 1. The van der Waals surface area contributed by atoms with Crippen molar-refractivity contribution in [3.8, 4) is 11.4 Å². The van der Waals surface area contributed by atoms with Gasteiger partial charge in [0.25, 0.3) is 0 Å². The van der Waals surface area contributed by atoms with Crippen molar-refractivity contribution in [2.75, 3.05) is 6.54 Å². The Hall–Kier alpha value is -2.58. The molecule has 0 aliphatic carbocycles. The van der Waals surface area contributed by atoms with E-state index in [9.17, 15) is 18.0 Å². The van der Waals surface area contributed by atoms with Crippen LogP contribution in [0.25, 0.3) is 11.4 Å². The lowest BCUT2D eigenvalue weighted by atomic mass is 9.97. The molecule has 1 aromatic carbocycles. The summed E-state index contributed by atoms with van der Waals surface area (Å²) in [5, 5.41) is 3.92. The first-order valence-electron chi connectivity index (χ1n) is 12.5. The molecule has 0 bridgehead atoms. The summed E-state index contributed by atoms with van der Waals surface area (Å²) in [7, 11) is 0. The second-order valence-corrected chi connectivity index (χ2v) is 10.2. The van der Waals surface area contributed by atoms with E-state index in [1.807, 2.05) is 0 Å². The summed E-state index contributed by atoms with van der Waals surface area (Å²) >= 11 is 0. The fraction of sp³-hybridized carbons (Fsp3) is 0.654. The van der Waals surface area contributed by atoms with Gasteiger partial charge in [0.05, 0.1) is 5.56 Å². The van der Waals surface area contributed by atoms with E-state index >= 15 is 0 Å². The van der Waals surface area contributed by atoms with Crippen molar-refractivity contribution in [1.29, 1.82) is 0 Å². The molecule has 6 nitrogen and oxygen atoms in total. The van der Waals surface area contributed by atoms with E-state index in [0.29, 0.717) is 19.4 Å². The fourth-order valence-electron chi connectivity index (χ4n) is 4.34. The first-order valence-corrected chi connectivity index (χ1v) is 12.5. The van der Waals surface area contributed by atoms with Gasteiger partial charge in [0, 0.05) is 12.1 Å². The number of halogens is 3. The van der Waals surface area contributed by atoms with Gasteiger partial charge in [-0.15, -0.1) is 0 Å². The first-order chi connectivity index (χ1) is 16.5. The number of amides is 1. The molecule has 0 unspecified atom stereocenters. The number of hydrogen-bond acceptors (Lipinski definition) is 5. The molecule has 1 saturated heterocycles. The number of benzene rings is 1. The number of carbonyl (C=O) groups excluding carboxylic acids is 1. The maximum absolute atomic E-state index is 13.8. The van der Waals surface area contributed by atoms with Gasteiger partial charge in [0.1, 0.15) is 11.6 Å². The third kappa shape index (κ3) is 7.45. The monoisotopic (exact) mass is 495 g/mol. The summed E-state index contributed by atoms with van der Waals surface area (Å²) in [6.45, 7) is 7.98. The molecule has 1 aliphatic heterocycles. The average Bonchev–Trinajstić information content (AvgIpc) is 3.44. The molecule has 2 aromatic rings. The highest BCUT2D eigenvalue weighted by Crippen LogP contribution is 2.37. The van der Waals surface area contributed by atoms with Crippen LogP contribution in [0.1, 0.15) is 102 Å². The Labute approximate surface area is 205 Å². The fourth-order valence-corrected chi connectivity index (χ4v) is 4.34. The van der Waals surface area contributed by atoms with Crippen LogP contribution in [0.2, 0.25) is 0 Å². The van der Waals surface area contributed by atoms with E-state index in [4.69, 9.17) is 9.26 Å². The van der Waals surface area contributed by atoms with Crippen LogP contribution in [0.3, 0.4) is 0 Å². The van der Waals surface area contributed by atoms with Crippen LogP contribution >= 0.6 is 0 Å². The molecule has 1 fully saturated rings. The molecular formula is C26H36F3N3O3. The number of carbonyl (C=O) groups is 1. The topological polar surface area (TPSA) is 68.5 Å². The second kappa shape index (κ2) is 11.4. The molecule has 1 aromatic heterocycles. The van der Waals surface area contributed by atoms with Crippen molar-refractivity contribution >= 4 is 6.09 Å². The zero-order valence-corrected chi connectivity index (χ0v) is 21.1. The largest absolute Gasteiger partial charge is 0.444 e. The smallest absolute Gasteiger partial charge is 0.416 e. The van der Waals surface area contributed by atoms with Gasteiger partial charge in [-0.3, -0.25) is 4.90 Å². The summed E-state index contributed by atoms with van der Waals surface area (Å²) in [6.07, 6.45) is 2.89. The van der Waals surface area contributed by atoms with Gasteiger partial charge in [-0.2, -0.15) is 18.2 Å². The van der Waals surface area contributed by atoms with Crippen LogP contribution in [0, 0.1) is 0 Å². The van der Waals surface area contributed by atoms with Crippen LogP contribution < -0.4 is 0 Å². The molecule has 2 heterocycles. The number of rotatable bonds is 9. The average molecular weight is 496 g/mol. The Kier molecular flexibility index (Phi) is 8.83. The number of alkyl halides is 3. The van der Waals surface area contributed by atoms with E-state index in [0.717, 1.165) is 51.0 Å². The van der Waals surface area contributed by atoms with E-state index in [1.165, 1.54) is 11.0 Å². The highest BCUT2D eigenvalue weighted by atomic mass is 19.4. The Morgan fingerprint density at radius 3 is 2.54 bits per heavy atom. The molecule has 0 spiro atoms. The maximum Gasteiger partial charge on any atom is 0.416 e. The minimum Gasteiger partial charge on any atom is -0.444 e. The normalized spacial score (nSPS) is 16.7. The SMILES string of the molecule is CCCCCCCCc1ccc(-c2noc([C@@H]3CCCN3C(=O)OC(C)(C)C)n2)cc1C(F)(F)F. The lowest BCUT2D eigenvalue weighted by Crippen LogP contribution is -2.36. The minimum absolute atomic E-state index is 0.0765. The number of ether oxygens (including phenoxy) is 1. The highest BCUT2D eigenvalue weighted by Gasteiger charge is 2.37. The van der Waals surface area contributed by atoms with Crippen LogP contribution in [0.5, 0.6) is 0 Å². The Morgan fingerprint density at radius 1 is 1.14 bits per heavy atom. The lowest BCUT2D eigenvalue weighted by Gasteiger charge is -2.26. The second-order valence-electron chi connectivity index (χ2n) is 10.2. The number of nitrogens with zero attached hydrogens (tertiary/aromatic N) is 3. The van der Waals surface area contributed by atoms with E-state index in [2.05, 4.69) is 17.1 Å². The van der Waals surface area contributed by atoms with Gasteiger partial charge in [-0.05, 0) is 58.1 Å². The first kappa shape index (κ1) is 27.0. The molecule has 194 valence electrons. The third-order valence-corrected chi connectivity index (χ3v) is 6.08. The molecule has 35 heavy (non-hydrogen) atoms. The molecule has 0 saturated carbocycles. The summed E-state index contributed by atoms with van der Waals surface area (Å²) in [4.78, 5) is 18.5. The zero-order valence-electron chi connectivity index (χ0n) is 21.1. The van der Waals surface area contributed by atoms with Gasteiger partial charge in [0.2, 0.25) is 11.7 Å². The van der Waals surface area contributed by atoms with Gasteiger partial charge >= 0.3 is 12.3 Å². The predicted molar refractivity (Wildman–Crippen MR) is 127 cm³/mol. The van der Waals surface area contributed by atoms with E-state index < -0.39 is 29.5 Å². The maximum atomic E-state index is 13.8. The molecule has 0 radical (unpaired) electrons. The molecule has 0 N–H and O–H groups in total. The van der Waals surface area contributed by atoms with Crippen molar-refractivity contribution in [1.82, 2.24) is 15.0 Å². The van der Waals surface area contributed by atoms with Crippen LogP contribution in [-0.2, 0) is 17.3 Å². The molecule has 3 rings (SSSR count). The summed E-state index contributed by atoms with van der Waals surface area (Å²) in [6, 6.07) is 3.76. The summed E-state index contributed by atoms with van der Waals surface area (Å²) in [5.74, 6) is 0.278. The number of aromatic nitrogens is 2. The number of unbranched alkanes of at least 4 members (excludes halogenated alkanes) is 5. The Balaban J connectivity index is 1.75. The van der Waals surface area contributed by atoms with Crippen molar-refractivity contribution in [2.24, 2.45) is 0 Å². The summed E-state index contributed by atoms with van der Waals surface area (Å²) < 4.78 is 52.3. The van der Waals surface area contributed by atoms with E-state index in [1.54, 1.807) is 26.8 Å². The van der Waals surface area contributed by atoms with Gasteiger partial charge in [-0.1, -0.05) is 56.3 Å². The predicted octanol–water partition coefficient (Wildman–Crippen LogP) is 7.73. The van der Waals surface area contributed by atoms with Crippen LogP contribution in [0.4, 0.5) is 18.0 Å². The zero-order chi connectivity index (χ0) is 25.6. The van der Waals surface area contributed by atoms with Crippen molar-refractivity contribution in [2.45, 2.75) is 103 Å². The Bertz CT molecular complexity index is 982. The van der Waals surface area contributed by atoms with Gasteiger partial charge < -0.3 is 9.26 Å². The van der Waals surface area contributed by atoms with Crippen LogP contribution in [0.15, 0.2) is 22.7 Å². The third-order valence-electron chi connectivity index (χ3n) is 6.08. The number of hydrogen-bond donors (Lipinski definition) is 0. The van der Waals surface area contributed by atoms with E-state index in [-0.39, 0.29) is 22.8 Å². The minimum atomic E-state index is -4.47. The molecule has 1 aliphatic rings. The quantitative estimate of drug-likeness (QED) is 0.333. The molecular weight excluding hydrogens is 459 g/mol. The Morgan fingerprint density at radius 2 is 1.86 bits per heavy atom. The lowest BCUT2D eigenvalue weighted by molar-refractivity contribution is -0.138. The van der Waals surface area contributed by atoms with Crippen molar-refractivity contribution in [3.63, 3.8) is 0 Å². The van der Waals surface area contributed by atoms with Gasteiger partial charge in [0.15, 0.2) is 0 Å². The molecule has 1 amide bonds. The highest BCUT2D eigenvalue weighted by molar-refractivity contribution is 5.69. The summed E-state index contributed by atoms with van der Waals surface area (Å²) in [5.41, 5.74) is -0.783. The molecule has 9 heteroatoms. The van der Waals surface area contributed by atoms with Crippen LogP contribution in [-0.4, -0.2) is 33.3 Å². The standard InChI is InChI=1S/C26H36F3N3O3/c1-5-6-7-8-9-10-12-18-14-15-19(17-20(18)26(27,28)29)22-30-23(35-31-22)21-13-11-16-32(21)24(33)34-25(2,3)4/h14-15,17,21H,5-13,16H2,1-4H3/t21-/m0/s1. The van der Waals surface area contributed by atoms with Crippen molar-refractivity contribution < 1.29 is 27.2 Å².